The van der Waals surface area contributed by atoms with Gasteiger partial charge in [0.1, 0.15) is 6.04 Å². The van der Waals surface area contributed by atoms with Gasteiger partial charge in [-0.05, 0) is 26.3 Å². The number of methoxy groups -OCH3 is 1. The van der Waals surface area contributed by atoms with Crippen LogP contribution in [0.4, 0.5) is 0 Å². The van der Waals surface area contributed by atoms with Crippen LogP contribution in [0.1, 0.15) is 26.7 Å². The van der Waals surface area contributed by atoms with E-state index in [0.717, 1.165) is 12.8 Å². The zero-order valence-corrected chi connectivity index (χ0v) is 9.58. The Morgan fingerprint density at radius 2 is 2.00 bits per heavy atom. The fourth-order valence-corrected chi connectivity index (χ4v) is 1.15. The Balaban J connectivity index is 3.95. The molecular weight excluding hydrogens is 196 g/mol. The maximum absolute atomic E-state index is 11.5. The number of nitrogens with two attached hydrogens (primary N) is 1. The lowest BCUT2D eigenvalue weighted by atomic mass is 10.0. The van der Waals surface area contributed by atoms with Gasteiger partial charge in [0.2, 0.25) is 5.91 Å². The Hall–Kier alpha value is -1.10. The van der Waals surface area contributed by atoms with Gasteiger partial charge in [0.15, 0.2) is 0 Å². The molecule has 3 N–H and O–H groups in total. The zero-order valence-electron chi connectivity index (χ0n) is 9.58. The first kappa shape index (κ1) is 13.9. The fourth-order valence-electron chi connectivity index (χ4n) is 1.15. The summed E-state index contributed by atoms with van der Waals surface area (Å²) in [4.78, 5) is 22.5. The number of amides is 1. The molecule has 2 atom stereocenters. The molecular formula is C10H20N2O3. The second kappa shape index (κ2) is 7.23. The van der Waals surface area contributed by atoms with Crippen molar-refractivity contribution in [1.29, 1.82) is 0 Å². The second-order valence-corrected chi connectivity index (χ2v) is 3.59. The van der Waals surface area contributed by atoms with Crippen LogP contribution in [0.25, 0.3) is 0 Å². The molecule has 0 radical (unpaired) electrons. The molecule has 15 heavy (non-hydrogen) atoms. The van der Waals surface area contributed by atoms with Crippen molar-refractivity contribution in [1.82, 2.24) is 5.32 Å². The third kappa shape index (κ3) is 5.37. The predicted molar refractivity (Wildman–Crippen MR) is 57.1 cm³/mol. The largest absolute Gasteiger partial charge is 0.467 e. The first-order valence-electron chi connectivity index (χ1n) is 5.11. The second-order valence-electron chi connectivity index (χ2n) is 3.59. The minimum atomic E-state index is -0.595. The van der Waals surface area contributed by atoms with E-state index in [2.05, 4.69) is 10.1 Å². The van der Waals surface area contributed by atoms with Gasteiger partial charge in [-0.15, -0.1) is 0 Å². The number of nitrogens with one attached hydrogen (secondary N) is 1. The van der Waals surface area contributed by atoms with Crippen molar-refractivity contribution in [2.45, 2.75) is 32.7 Å². The van der Waals surface area contributed by atoms with Crippen molar-refractivity contribution in [3.8, 4) is 0 Å². The van der Waals surface area contributed by atoms with Gasteiger partial charge in [-0.3, -0.25) is 4.79 Å². The summed E-state index contributed by atoms with van der Waals surface area (Å²) in [7, 11) is 1.29. The molecule has 0 aromatic rings. The molecule has 0 saturated heterocycles. The Kier molecular flexibility index (Phi) is 6.70. The van der Waals surface area contributed by atoms with E-state index in [-0.39, 0.29) is 11.8 Å². The van der Waals surface area contributed by atoms with E-state index in [1.165, 1.54) is 7.11 Å². The molecule has 0 bridgehead atoms. The van der Waals surface area contributed by atoms with Crippen molar-refractivity contribution in [2.24, 2.45) is 11.7 Å². The molecule has 0 saturated carbocycles. The lowest BCUT2D eigenvalue weighted by Gasteiger charge is -2.15. The van der Waals surface area contributed by atoms with Gasteiger partial charge in [0.25, 0.3) is 0 Å². The summed E-state index contributed by atoms with van der Waals surface area (Å²) >= 11 is 0. The molecule has 0 spiro atoms. The number of carbonyl (C=O) groups excluding carboxylic acids is 2. The van der Waals surface area contributed by atoms with E-state index in [1.54, 1.807) is 6.92 Å². The molecule has 1 amide bonds. The topological polar surface area (TPSA) is 81.4 Å². The zero-order chi connectivity index (χ0) is 11.8. The van der Waals surface area contributed by atoms with E-state index in [1.807, 2.05) is 6.92 Å². The number of rotatable bonds is 6. The minimum Gasteiger partial charge on any atom is -0.467 e. The number of carbonyl (C=O) groups is 2. The summed E-state index contributed by atoms with van der Waals surface area (Å²) in [5.74, 6) is -0.698. The summed E-state index contributed by atoms with van der Waals surface area (Å²) < 4.78 is 4.50. The van der Waals surface area contributed by atoms with E-state index in [9.17, 15) is 9.59 Å². The van der Waals surface area contributed by atoms with Crippen LogP contribution in [0, 0.1) is 5.92 Å². The smallest absolute Gasteiger partial charge is 0.328 e. The maximum Gasteiger partial charge on any atom is 0.328 e. The lowest BCUT2D eigenvalue weighted by Crippen LogP contribution is -2.41. The van der Waals surface area contributed by atoms with Crippen LogP contribution >= 0.6 is 0 Å². The van der Waals surface area contributed by atoms with Gasteiger partial charge < -0.3 is 15.8 Å². The summed E-state index contributed by atoms with van der Waals surface area (Å²) in [5, 5.41) is 2.58. The molecule has 0 aliphatic heterocycles. The van der Waals surface area contributed by atoms with Crippen molar-refractivity contribution in [3.05, 3.63) is 0 Å². The molecule has 0 rings (SSSR count). The molecule has 1 unspecified atom stereocenters. The first-order chi connectivity index (χ1) is 7.02. The van der Waals surface area contributed by atoms with E-state index < -0.39 is 12.0 Å². The monoisotopic (exact) mass is 216 g/mol. The number of ether oxygens (including phenoxy) is 1. The van der Waals surface area contributed by atoms with Crippen LogP contribution in [0.15, 0.2) is 0 Å². The lowest BCUT2D eigenvalue weighted by molar-refractivity contribution is -0.145. The molecule has 0 aliphatic carbocycles. The van der Waals surface area contributed by atoms with E-state index in [4.69, 9.17) is 5.73 Å². The summed E-state index contributed by atoms with van der Waals surface area (Å²) in [6.07, 6.45) is 1.54. The van der Waals surface area contributed by atoms with Crippen molar-refractivity contribution in [3.63, 3.8) is 0 Å². The van der Waals surface area contributed by atoms with Gasteiger partial charge >= 0.3 is 5.97 Å². The molecule has 88 valence electrons. The van der Waals surface area contributed by atoms with Crippen molar-refractivity contribution < 1.29 is 14.3 Å². The van der Waals surface area contributed by atoms with Gasteiger partial charge in [-0.25, -0.2) is 4.79 Å². The minimum absolute atomic E-state index is 0.124. The highest BCUT2D eigenvalue weighted by atomic mass is 16.5. The quantitative estimate of drug-likeness (QED) is 0.614. The average molecular weight is 216 g/mol. The van der Waals surface area contributed by atoms with Crippen LogP contribution in [0.3, 0.4) is 0 Å². The first-order valence-corrected chi connectivity index (χ1v) is 5.11. The summed E-state index contributed by atoms with van der Waals surface area (Å²) in [5.41, 5.74) is 5.34. The molecule has 0 aliphatic rings. The fraction of sp³-hybridized carbons (Fsp3) is 0.800. The predicted octanol–water partition coefficient (Wildman–Crippen LogP) is 0.0391. The number of esters is 1. The van der Waals surface area contributed by atoms with Crippen LogP contribution in [-0.2, 0) is 14.3 Å². The Labute approximate surface area is 90.4 Å². The Morgan fingerprint density at radius 1 is 1.40 bits per heavy atom. The van der Waals surface area contributed by atoms with E-state index in [0.29, 0.717) is 6.54 Å². The third-order valence-electron chi connectivity index (χ3n) is 2.20. The third-order valence-corrected chi connectivity index (χ3v) is 2.20. The summed E-state index contributed by atoms with van der Waals surface area (Å²) in [6.45, 7) is 3.98. The van der Waals surface area contributed by atoms with Crippen LogP contribution in [0.5, 0.6) is 0 Å². The number of hydrogen-bond donors (Lipinski definition) is 2. The highest BCUT2D eigenvalue weighted by Crippen LogP contribution is 2.05. The van der Waals surface area contributed by atoms with Crippen molar-refractivity contribution in [2.75, 3.05) is 13.7 Å². The highest BCUT2D eigenvalue weighted by Gasteiger charge is 2.19. The van der Waals surface area contributed by atoms with E-state index >= 15 is 0 Å². The molecule has 0 heterocycles. The molecule has 0 aromatic heterocycles. The maximum atomic E-state index is 11.5. The SMILES string of the molecule is COC(=O)[C@H](C)NC(=O)C(C)CCCN. The molecule has 5 nitrogen and oxygen atoms in total. The van der Waals surface area contributed by atoms with Crippen molar-refractivity contribution >= 4 is 11.9 Å². The molecule has 0 fully saturated rings. The van der Waals surface area contributed by atoms with Crippen LogP contribution in [0.2, 0.25) is 0 Å². The van der Waals surface area contributed by atoms with Gasteiger partial charge in [0.05, 0.1) is 7.11 Å². The molecule has 0 aromatic carbocycles. The number of hydrogen-bond acceptors (Lipinski definition) is 4. The Morgan fingerprint density at radius 3 is 2.47 bits per heavy atom. The standard InChI is InChI=1S/C10H20N2O3/c1-7(5-4-6-11)9(13)12-8(2)10(14)15-3/h7-8H,4-6,11H2,1-3H3,(H,12,13)/t7?,8-/m0/s1. The van der Waals surface area contributed by atoms with Gasteiger partial charge in [-0.2, -0.15) is 0 Å². The normalized spacial score (nSPS) is 14.1. The molecule has 5 heteroatoms. The highest BCUT2D eigenvalue weighted by molar-refractivity contribution is 5.85. The van der Waals surface area contributed by atoms with Gasteiger partial charge in [-0.1, -0.05) is 6.92 Å². The Bertz CT molecular complexity index is 219. The summed E-state index contributed by atoms with van der Waals surface area (Å²) in [6, 6.07) is -0.595. The van der Waals surface area contributed by atoms with Crippen LogP contribution < -0.4 is 11.1 Å². The van der Waals surface area contributed by atoms with Gasteiger partial charge in [0, 0.05) is 5.92 Å². The van der Waals surface area contributed by atoms with Crippen LogP contribution in [-0.4, -0.2) is 31.6 Å². The average Bonchev–Trinajstić information content (AvgIpc) is 2.24.